The Balaban J connectivity index is 1.85. The number of aryl methyl sites for hydroxylation is 2. The van der Waals surface area contributed by atoms with Gasteiger partial charge in [0, 0.05) is 13.6 Å². The summed E-state index contributed by atoms with van der Waals surface area (Å²) in [6.45, 7) is 3.22. The zero-order valence-corrected chi connectivity index (χ0v) is 13.6. The van der Waals surface area contributed by atoms with Crippen molar-refractivity contribution in [2.75, 3.05) is 19.7 Å². The summed E-state index contributed by atoms with van der Waals surface area (Å²) in [4.78, 5) is 25.7. The molecule has 7 heteroatoms. The minimum atomic E-state index is -1.16. The van der Waals surface area contributed by atoms with E-state index in [-0.39, 0.29) is 23.3 Å². The minimum absolute atomic E-state index is 0.0820. The molecule has 0 aliphatic carbocycles. The van der Waals surface area contributed by atoms with Gasteiger partial charge in [-0.2, -0.15) is 5.10 Å². The van der Waals surface area contributed by atoms with Crippen LogP contribution in [0, 0.1) is 6.92 Å². The molecule has 1 aliphatic rings. The Labute approximate surface area is 139 Å². The van der Waals surface area contributed by atoms with Crippen LogP contribution in [0.5, 0.6) is 0 Å². The first kappa shape index (κ1) is 16.2. The van der Waals surface area contributed by atoms with E-state index in [1.165, 1.54) is 10.9 Å². The second kappa shape index (κ2) is 6.45. The lowest BCUT2D eigenvalue weighted by Crippen LogP contribution is -2.43. The van der Waals surface area contributed by atoms with E-state index in [2.05, 4.69) is 5.10 Å². The first-order valence-electron chi connectivity index (χ1n) is 7.70. The monoisotopic (exact) mass is 329 g/mol. The highest BCUT2D eigenvalue weighted by molar-refractivity contribution is 6.03. The predicted molar refractivity (Wildman–Crippen MR) is 85.9 cm³/mol. The van der Waals surface area contributed by atoms with E-state index >= 15 is 0 Å². The molecule has 0 radical (unpaired) electrons. The molecule has 7 nitrogen and oxygen atoms in total. The van der Waals surface area contributed by atoms with E-state index in [0.29, 0.717) is 19.7 Å². The van der Waals surface area contributed by atoms with Crippen LogP contribution in [0.15, 0.2) is 30.5 Å². The molecule has 0 bridgehead atoms. The Morgan fingerprint density at radius 1 is 1.33 bits per heavy atom. The van der Waals surface area contributed by atoms with E-state index < -0.39 is 5.97 Å². The SMILES string of the molecule is Cc1ccccc1C1CN(C(=O)c2c(C(=O)O)cnn2C)CCO1. The lowest BCUT2D eigenvalue weighted by Gasteiger charge is -2.33. The Bertz CT molecular complexity index is 784. The molecule has 0 saturated carbocycles. The molecule has 1 saturated heterocycles. The molecule has 1 aliphatic heterocycles. The second-order valence-corrected chi connectivity index (χ2v) is 5.80. The van der Waals surface area contributed by atoms with E-state index in [4.69, 9.17) is 4.74 Å². The summed E-state index contributed by atoms with van der Waals surface area (Å²) in [6.07, 6.45) is 0.986. The normalized spacial score (nSPS) is 17.8. The maximum Gasteiger partial charge on any atom is 0.339 e. The largest absolute Gasteiger partial charge is 0.478 e. The van der Waals surface area contributed by atoms with Crippen LogP contribution in [0.25, 0.3) is 0 Å². The number of aromatic carboxylic acids is 1. The number of nitrogens with zero attached hydrogens (tertiary/aromatic N) is 3. The van der Waals surface area contributed by atoms with Crippen molar-refractivity contribution in [2.24, 2.45) is 7.05 Å². The lowest BCUT2D eigenvalue weighted by molar-refractivity contribution is -0.0234. The van der Waals surface area contributed by atoms with Crippen LogP contribution in [0.3, 0.4) is 0 Å². The standard InChI is InChI=1S/C17H19N3O4/c1-11-5-3-4-6-12(11)14-10-20(7-8-24-14)16(21)15-13(17(22)23)9-18-19(15)2/h3-6,9,14H,7-8,10H2,1-2H3,(H,22,23). The fraction of sp³-hybridized carbons (Fsp3) is 0.353. The van der Waals surface area contributed by atoms with Crippen molar-refractivity contribution in [3.63, 3.8) is 0 Å². The van der Waals surface area contributed by atoms with Crippen molar-refractivity contribution in [3.8, 4) is 0 Å². The number of ether oxygens (including phenoxy) is 1. The van der Waals surface area contributed by atoms with Gasteiger partial charge in [-0.3, -0.25) is 9.48 Å². The first-order valence-corrected chi connectivity index (χ1v) is 7.70. The third kappa shape index (κ3) is 2.90. The maximum absolute atomic E-state index is 12.8. The smallest absolute Gasteiger partial charge is 0.339 e. The molecular formula is C17H19N3O4. The van der Waals surface area contributed by atoms with Gasteiger partial charge in [-0.15, -0.1) is 0 Å². The Morgan fingerprint density at radius 2 is 2.08 bits per heavy atom. The summed E-state index contributed by atoms with van der Waals surface area (Å²) < 4.78 is 7.13. The molecule has 2 aromatic rings. The number of carboxylic acid groups (broad SMARTS) is 1. The van der Waals surface area contributed by atoms with E-state index in [0.717, 1.165) is 11.1 Å². The van der Waals surface area contributed by atoms with Crippen molar-refractivity contribution >= 4 is 11.9 Å². The Hall–Kier alpha value is -2.67. The van der Waals surface area contributed by atoms with Gasteiger partial charge in [0.15, 0.2) is 0 Å². The molecule has 1 atom stereocenters. The van der Waals surface area contributed by atoms with E-state index in [1.807, 2.05) is 31.2 Å². The lowest BCUT2D eigenvalue weighted by atomic mass is 10.0. The van der Waals surface area contributed by atoms with Gasteiger partial charge in [0.2, 0.25) is 0 Å². The molecule has 1 N–H and O–H groups in total. The molecule has 1 fully saturated rings. The zero-order valence-electron chi connectivity index (χ0n) is 13.6. The van der Waals surface area contributed by atoms with Gasteiger partial charge in [-0.1, -0.05) is 24.3 Å². The summed E-state index contributed by atoms with van der Waals surface area (Å²) in [7, 11) is 1.57. The van der Waals surface area contributed by atoms with Crippen LogP contribution in [-0.2, 0) is 11.8 Å². The van der Waals surface area contributed by atoms with Crippen LogP contribution in [-0.4, -0.2) is 51.4 Å². The van der Waals surface area contributed by atoms with Gasteiger partial charge in [0.25, 0.3) is 5.91 Å². The number of hydrogen-bond donors (Lipinski definition) is 1. The third-order valence-corrected chi connectivity index (χ3v) is 4.26. The number of amides is 1. The van der Waals surface area contributed by atoms with Gasteiger partial charge in [-0.05, 0) is 18.1 Å². The van der Waals surface area contributed by atoms with Gasteiger partial charge in [0.1, 0.15) is 17.4 Å². The topological polar surface area (TPSA) is 84.7 Å². The van der Waals surface area contributed by atoms with Crippen molar-refractivity contribution in [2.45, 2.75) is 13.0 Å². The number of morpholine rings is 1. The average molecular weight is 329 g/mol. The number of benzene rings is 1. The van der Waals surface area contributed by atoms with Crippen LogP contribution in [0.2, 0.25) is 0 Å². The quantitative estimate of drug-likeness (QED) is 0.925. The highest BCUT2D eigenvalue weighted by Crippen LogP contribution is 2.26. The number of carboxylic acids is 1. The Morgan fingerprint density at radius 3 is 2.79 bits per heavy atom. The van der Waals surface area contributed by atoms with Crippen molar-refractivity contribution in [3.05, 3.63) is 52.8 Å². The van der Waals surface area contributed by atoms with Crippen molar-refractivity contribution in [1.82, 2.24) is 14.7 Å². The van der Waals surface area contributed by atoms with E-state index in [9.17, 15) is 14.7 Å². The summed E-state index contributed by atoms with van der Waals surface area (Å²) in [5.41, 5.74) is 2.15. The van der Waals surface area contributed by atoms with Crippen LogP contribution in [0.4, 0.5) is 0 Å². The number of carbonyl (C=O) groups is 2. The van der Waals surface area contributed by atoms with Gasteiger partial charge < -0.3 is 14.7 Å². The molecule has 1 unspecified atom stereocenters. The predicted octanol–water partition coefficient (Wildman–Crippen LogP) is 1.64. The zero-order chi connectivity index (χ0) is 17.3. The van der Waals surface area contributed by atoms with E-state index in [1.54, 1.807) is 11.9 Å². The summed E-state index contributed by atoms with van der Waals surface area (Å²) in [5, 5.41) is 13.1. The molecule has 2 heterocycles. The molecule has 1 aromatic heterocycles. The fourth-order valence-corrected chi connectivity index (χ4v) is 2.97. The summed E-state index contributed by atoms with van der Waals surface area (Å²) in [6, 6.07) is 7.89. The Kier molecular flexibility index (Phi) is 4.35. The average Bonchev–Trinajstić information content (AvgIpc) is 2.96. The fourth-order valence-electron chi connectivity index (χ4n) is 2.97. The van der Waals surface area contributed by atoms with Gasteiger partial charge >= 0.3 is 5.97 Å². The summed E-state index contributed by atoms with van der Waals surface area (Å²) in [5.74, 6) is -1.50. The van der Waals surface area contributed by atoms with Crippen molar-refractivity contribution in [1.29, 1.82) is 0 Å². The molecular weight excluding hydrogens is 310 g/mol. The third-order valence-electron chi connectivity index (χ3n) is 4.26. The first-order chi connectivity index (χ1) is 11.5. The number of aromatic nitrogens is 2. The summed E-state index contributed by atoms with van der Waals surface area (Å²) >= 11 is 0. The molecule has 1 aromatic carbocycles. The molecule has 0 spiro atoms. The second-order valence-electron chi connectivity index (χ2n) is 5.80. The van der Waals surface area contributed by atoms with Crippen molar-refractivity contribution < 1.29 is 19.4 Å². The number of rotatable bonds is 3. The van der Waals surface area contributed by atoms with Gasteiger partial charge in [-0.25, -0.2) is 4.79 Å². The maximum atomic E-state index is 12.8. The molecule has 126 valence electrons. The molecule has 24 heavy (non-hydrogen) atoms. The van der Waals surface area contributed by atoms with Crippen LogP contribution in [0.1, 0.15) is 38.1 Å². The number of hydrogen-bond acceptors (Lipinski definition) is 4. The van der Waals surface area contributed by atoms with Gasteiger partial charge in [0.05, 0.1) is 19.3 Å². The molecule has 3 rings (SSSR count). The van der Waals surface area contributed by atoms with Crippen LogP contribution >= 0.6 is 0 Å². The number of carbonyl (C=O) groups excluding carboxylic acids is 1. The minimum Gasteiger partial charge on any atom is -0.478 e. The van der Waals surface area contributed by atoms with Crippen LogP contribution < -0.4 is 0 Å². The molecule has 1 amide bonds. The highest BCUT2D eigenvalue weighted by atomic mass is 16.5. The highest BCUT2D eigenvalue weighted by Gasteiger charge is 2.31.